The van der Waals surface area contributed by atoms with Gasteiger partial charge in [-0.15, -0.1) is 0 Å². The molecule has 0 bridgehead atoms. The van der Waals surface area contributed by atoms with Gasteiger partial charge >= 0.3 is 0 Å². The van der Waals surface area contributed by atoms with Gasteiger partial charge in [0.1, 0.15) is 5.69 Å². The number of nitrogens with one attached hydrogen (secondary N) is 2. The third-order valence-corrected chi connectivity index (χ3v) is 5.72. The summed E-state index contributed by atoms with van der Waals surface area (Å²) in [5.41, 5.74) is 2.54. The largest absolute Gasteiger partial charge is 0.355 e. The number of hydrogen-bond donors (Lipinski definition) is 3. The van der Waals surface area contributed by atoms with Crippen LogP contribution >= 0.6 is 0 Å². The summed E-state index contributed by atoms with van der Waals surface area (Å²) in [7, 11) is 1.55. The van der Waals surface area contributed by atoms with Crippen molar-refractivity contribution in [3.63, 3.8) is 0 Å². The van der Waals surface area contributed by atoms with Crippen molar-refractivity contribution in [2.24, 2.45) is 5.92 Å². The molecule has 3 rings (SSSR count). The molecule has 9 nitrogen and oxygen atoms in total. The fourth-order valence-electron chi connectivity index (χ4n) is 4.05. The molecule has 9 heteroatoms. The second kappa shape index (κ2) is 10.8. The monoisotopic (exact) mass is 415 g/mol. The van der Waals surface area contributed by atoms with Crippen LogP contribution in [0.4, 0.5) is 0 Å². The van der Waals surface area contributed by atoms with E-state index < -0.39 is 5.91 Å². The summed E-state index contributed by atoms with van der Waals surface area (Å²) < 4.78 is 5.43. The number of aromatic nitrogens is 3. The van der Waals surface area contributed by atoms with Gasteiger partial charge in [-0.05, 0) is 24.5 Å². The Hall–Kier alpha value is -2.81. The number of rotatable bonds is 9. The van der Waals surface area contributed by atoms with Gasteiger partial charge in [-0.1, -0.05) is 50.1 Å². The van der Waals surface area contributed by atoms with Crippen molar-refractivity contribution >= 4 is 11.8 Å². The first-order chi connectivity index (χ1) is 14.6. The molecule has 1 aliphatic rings. The van der Waals surface area contributed by atoms with Crippen LogP contribution < -0.4 is 10.8 Å². The summed E-state index contributed by atoms with van der Waals surface area (Å²) in [6, 6.07) is 3.19. The Morgan fingerprint density at radius 1 is 1.30 bits per heavy atom. The summed E-state index contributed by atoms with van der Waals surface area (Å²) in [5.74, 6) is 0.339. The number of hydroxylamine groups is 1. The number of hydrogen-bond acceptors (Lipinski definition) is 7. The molecule has 0 aromatic carbocycles. The number of pyridine rings is 1. The van der Waals surface area contributed by atoms with Gasteiger partial charge in [0.15, 0.2) is 0 Å². The fraction of sp³-hybridized carbons (Fsp3) is 0.571. The number of carbonyl (C=O) groups excluding carboxylic acids is 2. The number of nitrogens with zero attached hydrogens (tertiary/aromatic N) is 3. The van der Waals surface area contributed by atoms with Gasteiger partial charge < -0.3 is 9.84 Å². The van der Waals surface area contributed by atoms with E-state index in [1.54, 1.807) is 24.7 Å². The van der Waals surface area contributed by atoms with Crippen LogP contribution in [0.25, 0.3) is 11.5 Å². The SMILES string of the molecule is CNC(=O)c1ccnc(-c2noc([C@@H](CCCC3CCCCC3)CC(=O)NO)n2)c1. The Morgan fingerprint density at radius 2 is 2.10 bits per heavy atom. The molecule has 2 amide bonds. The van der Waals surface area contributed by atoms with Crippen LogP contribution in [0, 0.1) is 5.92 Å². The smallest absolute Gasteiger partial charge is 0.251 e. The summed E-state index contributed by atoms with van der Waals surface area (Å²) in [4.78, 5) is 32.3. The molecule has 2 heterocycles. The van der Waals surface area contributed by atoms with E-state index in [9.17, 15) is 9.59 Å². The highest BCUT2D eigenvalue weighted by atomic mass is 16.5. The molecule has 0 spiro atoms. The molecule has 0 aliphatic heterocycles. The van der Waals surface area contributed by atoms with E-state index in [4.69, 9.17) is 9.73 Å². The Morgan fingerprint density at radius 3 is 2.83 bits per heavy atom. The molecule has 0 saturated heterocycles. The van der Waals surface area contributed by atoms with Crippen LogP contribution in [0.5, 0.6) is 0 Å². The van der Waals surface area contributed by atoms with E-state index in [0.717, 1.165) is 25.2 Å². The van der Waals surface area contributed by atoms with Crippen LogP contribution in [0.3, 0.4) is 0 Å². The lowest BCUT2D eigenvalue weighted by molar-refractivity contribution is -0.129. The van der Waals surface area contributed by atoms with E-state index in [-0.39, 0.29) is 24.1 Å². The highest BCUT2D eigenvalue weighted by Crippen LogP contribution is 2.31. The lowest BCUT2D eigenvalue weighted by Gasteiger charge is -2.22. The van der Waals surface area contributed by atoms with E-state index in [2.05, 4.69) is 20.4 Å². The van der Waals surface area contributed by atoms with Crippen LogP contribution in [-0.2, 0) is 4.79 Å². The molecule has 1 aliphatic carbocycles. The van der Waals surface area contributed by atoms with Crippen molar-refractivity contribution in [3.8, 4) is 11.5 Å². The van der Waals surface area contributed by atoms with Crippen LogP contribution in [0.1, 0.15) is 80.0 Å². The van der Waals surface area contributed by atoms with E-state index in [0.29, 0.717) is 17.1 Å². The van der Waals surface area contributed by atoms with Gasteiger partial charge in [0.2, 0.25) is 17.6 Å². The van der Waals surface area contributed by atoms with Crippen molar-refractivity contribution in [1.82, 2.24) is 25.9 Å². The molecule has 1 fully saturated rings. The highest BCUT2D eigenvalue weighted by Gasteiger charge is 2.24. The lowest BCUT2D eigenvalue weighted by Crippen LogP contribution is -2.21. The van der Waals surface area contributed by atoms with Crippen molar-refractivity contribution in [1.29, 1.82) is 0 Å². The first-order valence-corrected chi connectivity index (χ1v) is 10.6. The first kappa shape index (κ1) is 21.9. The molecule has 2 aromatic rings. The van der Waals surface area contributed by atoms with Gasteiger partial charge in [-0.25, -0.2) is 5.48 Å². The zero-order valence-electron chi connectivity index (χ0n) is 17.3. The van der Waals surface area contributed by atoms with Crippen molar-refractivity contribution < 1.29 is 19.3 Å². The first-order valence-electron chi connectivity index (χ1n) is 10.6. The minimum Gasteiger partial charge on any atom is -0.355 e. The van der Waals surface area contributed by atoms with E-state index >= 15 is 0 Å². The maximum atomic E-state index is 11.8. The van der Waals surface area contributed by atoms with E-state index in [1.165, 1.54) is 38.3 Å². The Labute approximate surface area is 175 Å². The molecule has 0 radical (unpaired) electrons. The van der Waals surface area contributed by atoms with Crippen LogP contribution in [0.2, 0.25) is 0 Å². The van der Waals surface area contributed by atoms with Crippen LogP contribution in [0.15, 0.2) is 22.9 Å². The predicted molar refractivity (Wildman–Crippen MR) is 109 cm³/mol. The minimum absolute atomic E-state index is 0.0640. The maximum Gasteiger partial charge on any atom is 0.251 e. The zero-order valence-corrected chi connectivity index (χ0v) is 17.3. The molecular formula is C21H29N5O4. The topological polar surface area (TPSA) is 130 Å². The summed E-state index contributed by atoms with van der Waals surface area (Å²) >= 11 is 0. The van der Waals surface area contributed by atoms with Gasteiger partial charge in [0, 0.05) is 31.1 Å². The van der Waals surface area contributed by atoms with Crippen molar-refractivity contribution in [2.75, 3.05) is 7.05 Å². The molecule has 0 unspecified atom stereocenters. The zero-order chi connectivity index (χ0) is 21.3. The molecule has 30 heavy (non-hydrogen) atoms. The molecule has 2 aromatic heterocycles. The highest BCUT2D eigenvalue weighted by molar-refractivity contribution is 5.94. The molecule has 1 atom stereocenters. The van der Waals surface area contributed by atoms with Crippen molar-refractivity contribution in [3.05, 3.63) is 29.8 Å². The lowest BCUT2D eigenvalue weighted by atomic mass is 9.84. The Balaban J connectivity index is 1.70. The summed E-state index contributed by atoms with van der Waals surface area (Å²) in [5, 5.41) is 15.5. The van der Waals surface area contributed by atoms with Gasteiger partial charge in [-0.3, -0.25) is 19.8 Å². The normalized spacial score (nSPS) is 15.5. The Bertz CT molecular complexity index is 847. The fourth-order valence-corrected chi connectivity index (χ4v) is 4.05. The predicted octanol–water partition coefficient (Wildman–Crippen LogP) is 3.22. The van der Waals surface area contributed by atoms with E-state index in [1.807, 2.05) is 0 Å². The minimum atomic E-state index is -0.489. The quantitative estimate of drug-likeness (QED) is 0.423. The third-order valence-electron chi connectivity index (χ3n) is 5.72. The van der Waals surface area contributed by atoms with Gasteiger partial charge in [0.05, 0.1) is 0 Å². The second-order valence-corrected chi connectivity index (χ2v) is 7.84. The average Bonchev–Trinajstić information content (AvgIpc) is 3.29. The number of carbonyl (C=O) groups is 2. The average molecular weight is 415 g/mol. The summed E-state index contributed by atoms with van der Waals surface area (Å²) in [6.45, 7) is 0. The number of amides is 2. The molecular weight excluding hydrogens is 386 g/mol. The van der Waals surface area contributed by atoms with Gasteiger partial charge in [0.25, 0.3) is 5.91 Å². The molecule has 162 valence electrons. The van der Waals surface area contributed by atoms with Crippen LogP contribution in [-0.4, -0.2) is 39.2 Å². The second-order valence-electron chi connectivity index (χ2n) is 7.84. The standard InChI is InChI=1S/C21H29N5O4/c1-22-20(28)15-10-11-23-17(12-15)19-24-21(30-26-19)16(13-18(27)25-29)9-5-8-14-6-3-2-4-7-14/h10-12,14,16,29H,2-9,13H2,1H3,(H,22,28)(H,25,27)/t16-/m0/s1. The summed E-state index contributed by atoms with van der Waals surface area (Å²) in [6.07, 6.45) is 10.9. The van der Waals surface area contributed by atoms with Gasteiger partial charge in [-0.2, -0.15) is 4.98 Å². The molecule has 1 saturated carbocycles. The maximum absolute atomic E-state index is 11.8. The molecule has 3 N–H and O–H groups in total. The van der Waals surface area contributed by atoms with Crippen molar-refractivity contribution in [2.45, 2.75) is 63.7 Å². The third kappa shape index (κ3) is 5.85. The Kier molecular flexibility index (Phi) is 7.89.